The van der Waals surface area contributed by atoms with E-state index in [4.69, 9.17) is 0 Å². The Labute approximate surface area is 62.7 Å². The zero-order chi connectivity index (χ0) is 8.48. The van der Waals surface area contributed by atoms with Crippen LogP contribution in [0.25, 0.3) is 0 Å². The molecule has 63 valence electrons. The van der Waals surface area contributed by atoms with Crippen LogP contribution < -0.4 is 5.32 Å². The molecule has 11 heavy (non-hydrogen) atoms. The molecule has 0 heterocycles. The third-order valence-electron chi connectivity index (χ3n) is 1.32. The van der Waals surface area contributed by atoms with E-state index in [1.807, 2.05) is 0 Å². The number of ether oxygens (including phenoxy) is 1. The van der Waals surface area contributed by atoms with Gasteiger partial charge in [0.2, 0.25) is 0 Å². The first kappa shape index (κ1) is 8.23. The molecule has 1 aliphatic rings. The van der Waals surface area contributed by atoms with Crippen molar-refractivity contribution in [1.82, 2.24) is 5.32 Å². The van der Waals surface area contributed by atoms with Gasteiger partial charge < -0.3 is 4.74 Å². The lowest BCUT2D eigenvalue weighted by atomic mass is 10.7. The van der Waals surface area contributed by atoms with Gasteiger partial charge in [-0.25, -0.2) is 18.9 Å². The van der Waals surface area contributed by atoms with E-state index >= 15 is 0 Å². The molecule has 1 atom stereocenters. The van der Waals surface area contributed by atoms with Gasteiger partial charge in [0.1, 0.15) is 6.04 Å². The summed E-state index contributed by atoms with van der Waals surface area (Å²) in [6.07, 6.45) is -1.22. The van der Waals surface area contributed by atoms with Gasteiger partial charge in [-0.1, -0.05) is 0 Å². The second kappa shape index (κ2) is 2.64. The van der Waals surface area contributed by atoms with Gasteiger partial charge in [0.05, 0.1) is 6.61 Å². The van der Waals surface area contributed by atoms with Gasteiger partial charge >= 0.3 is 6.09 Å². The zero-order valence-electron chi connectivity index (χ0n) is 6.01. The minimum Gasteiger partial charge on any atom is -0.448 e. The fourth-order valence-electron chi connectivity index (χ4n) is 0.627. The van der Waals surface area contributed by atoms with Crippen LogP contribution in [0, 0.1) is 0 Å². The summed E-state index contributed by atoms with van der Waals surface area (Å²) in [5.41, 5.74) is 0. The van der Waals surface area contributed by atoms with Crippen LogP contribution in [-0.2, 0) is 4.74 Å². The Morgan fingerprint density at radius 3 is 2.73 bits per heavy atom. The lowest BCUT2D eigenvalue weighted by Gasteiger charge is -1.99. The van der Waals surface area contributed by atoms with E-state index in [-0.39, 0.29) is 13.0 Å². The maximum absolute atomic E-state index is 12.1. The number of carbonyl (C=O) groups excluding carboxylic acids is 1. The normalized spacial score (nSPS) is 25.9. The van der Waals surface area contributed by atoms with Crippen molar-refractivity contribution in [2.24, 2.45) is 0 Å². The molecule has 5 heteroatoms. The molecule has 0 aliphatic heterocycles. The fraction of sp³-hybridized carbons (Fsp3) is 0.833. The van der Waals surface area contributed by atoms with Gasteiger partial charge in [-0.2, -0.15) is 0 Å². The lowest BCUT2D eigenvalue weighted by Crippen LogP contribution is -2.22. The van der Waals surface area contributed by atoms with E-state index in [0.717, 1.165) is 0 Å². The Morgan fingerprint density at radius 2 is 2.36 bits per heavy atom. The monoisotopic (exact) mass is 164 g/mol. The zero-order valence-corrected chi connectivity index (χ0v) is 6.01. The maximum atomic E-state index is 12.1. The number of hydrogen-bond acceptors (Lipinski definition) is 2. The van der Waals surface area contributed by atoms with Crippen molar-refractivity contribution in [1.29, 1.82) is 0 Å². The second-order valence-electron chi connectivity index (χ2n) is 2.31. The molecule has 0 aromatic heterocycles. The van der Waals surface area contributed by atoms with Crippen LogP contribution in [0.3, 0.4) is 0 Å². The molecule has 1 aliphatic carbocycles. The highest BCUT2D eigenvalue weighted by Crippen LogP contribution is 2.42. The molecule has 1 rings (SSSR count). The van der Waals surface area contributed by atoms with Crippen LogP contribution in [0.2, 0.25) is 0 Å². The SMILES string of the molecule is CCOC(=O)[N]C1CC1(F)F. The van der Waals surface area contributed by atoms with Crippen molar-refractivity contribution in [3.05, 3.63) is 0 Å². The Hall–Kier alpha value is -0.870. The summed E-state index contributed by atoms with van der Waals surface area (Å²) in [5.74, 6) is -2.77. The quantitative estimate of drug-likeness (QED) is 0.614. The fourth-order valence-corrected chi connectivity index (χ4v) is 0.627. The van der Waals surface area contributed by atoms with Crippen LogP contribution in [-0.4, -0.2) is 24.7 Å². The summed E-state index contributed by atoms with van der Waals surface area (Å²) in [7, 11) is 0. The molecule has 3 nitrogen and oxygen atoms in total. The summed E-state index contributed by atoms with van der Waals surface area (Å²) in [4.78, 5) is 10.5. The number of nitrogens with zero attached hydrogens (tertiary/aromatic N) is 1. The number of rotatable bonds is 2. The van der Waals surface area contributed by atoms with Crippen molar-refractivity contribution in [3.63, 3.8) is 0 Å². The Kier molecular flexibility index (Phi) is 1.97. The van der Waals surface area contributed by atoms with Crippen LogP contribution >= 0.6 is 0 Å². The highest BCUT2D eigenvalue weighted by molar-refractivity contribution is 5.68. The number of halogens is 2. The standard InChI is InChI=1S/C6H8F2NO2/c1-2-11-5(10)9-4-3-6(4,7)8/h4H,2-3H2,1H3. The first-order valence-corrected chi connectivity index (χ1v) is 3.31. The number of alkyl halides is 2. The molecule has 1 fully saturated rings. The minimum absolute atomic E-state index is 0.167. The first-order chi connectivity index (χ1) is 5.06. The van der Waals surface area contributed by atoms with E-state index in [1.165, 1.54) is 0 Å². The van der Waals surface area contributed by atoms with Crippen LogP contribution in [0.5, 0.6) is 0 Å². The molecule has 0 aromatic rings. The summed E-state index contributed by atoms with van der Waals surface area (Å²) in [5, 5.41) is 3.12. The predicted octanol–water partition coefficient (Wildman–Crippen LogP) is 1.15. The summed E-state index contributed by atoms with van der Waals surface area (Å²) in [6.45, 7) is 1.76. The molecule has 1 radical (unpaired) electrons. The Morgan fingerprint density at radius 1 is 1.82 bits per heavy atom. The highest BCUT2D eigenvalue weighted by atomic mass is 19.3. The third-order valence-corrected chi connectivity index (χ3v) is 1.32. The number of amides is 1. The Bertz CT molecular complexity index is 172. The molecule has 1 amide bonds. The Balaban J connectivity index is 2.18. The molecular weight excluding hydrogens is 156 g/mol. The van der Waals surface area contributed by atoms with Crippen molar-refractivity contribution < 1.29 is 18.3 Å². The average Bonchev–Trinajstić information content (AvgIpc) is 2.39. The molecule has 0 bridgehead atoms. The summed E-state index contributed by atoms with van der Waals surface area (Å²) >= 11 is 0. The van der Waals surface area contributed by atoms with Gasteiger partial charge in [-0.3, -0.25) is 0 Å². The van der Waals surface area contributed by atoms with E-state index in [9.17, 15) is 13.6 Å². The topological polar surface area (TPSA) is 40.4 Å². The van der Waals surface area contributed by atoms with Crippen molar-refractivity contribution in [3.8, 4) is 0 Å². The van der Waals surface area contributed by atoms with Gasteiger partial charge in [-0.15, -0.1) is 0 Å². The van der Waals surface area contributed by atoms with Crippen LogP contribution in [0.4, 0.5) is 13.6 Å². The lowest BCUT2D eigenvalue weighted by molar-refractivity contribution is 0.0988. The third kappa shape index (κ3) is 2.03. The summed E-state index contributed by atoms with van der Waals surface area (Å²) < 4.78 is 28.5. The molecule has 1 unspecified atom stereocenters. The first-order valence-electron chi connectivity index (χ1n) is 3.31. The van der Waals surface area contributed by atoms with E-state index in [1.54, 1.807) is 6.92 Å². The molecular formula is C6H8F2NO2. The molecule has 0 N–H and O–H groups in total. The molecule has 0 saturated heterocycles. The number of carbonyl (C=O) groups is 1. The number of hydrogen-bond donors (Lipinski definition) is 0. The van der Waals surface area contributed by atoms with Crippen LogP contribution in [0.1, 0.15) is 13.3 Å². The van der Waals surface area contributed by atoms with Gasteiger partial charge in [-0.05, 0) is 6.92 Å². The predicted molar refractivity (Wildman–Crippen MR) is 32.5 cm³/mol. The van der Waals surface area contributed by atoms with Gasteiger partial charge in [0.15, 0.2) is 0 Å². The van der Waals surface area contributed by atoms with Crippen molar-refractivity contribution in [2.75, 3.05) is 6.61 Å². The van der Waals surface area contributed by atoms with Gasteiger partial charge in [0.25, 0.3) is 5.92 Å². The summed E-state index contributed by atoms with van der Waals surface area (Å²) in [6, 6.07) is -1.14. The second-order valence-corrected chi connectivity index (χ2v) is 2.31. The molecule has 0 aromatic carbocycles. The van der Waals surface area contributed by atoms with E-state index in [2.05, 4.69) is 10.1 Å². The average molecular weight is 164 g/mol. The van der Waals surface area contributed by atoms with E-state index in [0.29, 0.717) is 0 Å². The molecule has 0 spiro atoms. The largest absolute Gasteiger partial charge is 0.448 e. The smallest absolute Gasteiger partial charge is 0.429 e. The van der Waals surface area contributed by atoms with E-state index < -0.39 is 18.1 Å². The maximum Gasteiger partial charge on any atom is 0.429 e. The highest BCUT2D eigenvalue weighted by Gasteiger charge is 2.59. The van der Waals surface area contributed by atoms with Crippen LogP contribution in [0.15, 0.2) is 0 Å². The van der Waals surface area contributed by atoms with Crippen molar-refractivity contribution >= 4 is 6.09 Å². The molecule has 1 saturated carbocycles. The minimum atomic E-state index is -2.77. The van der Waals surface area contributed by atoms with Gasteiger partial charge in [0, 0.05) is 6.42 Å². The van der Waals surface area contributed by atoms with Crippen molar-refractivity contribution in [2.45, 2.75) is 25.3 Å².